The molecule has 0 N–H and O–H groups in total. The molecule has 0 aliphatic carbocycles. The van der Waals surface area contributed by atoms with Crippen LogP contribution in [0.1, 0.15) is 0 Å². The van der Waals surface area contributed by atoms with Gasteiger partial charge < -0.3 is 0 Å². The third kappa shape index (κ3) is 2.59. The Morgan fingerprint density at radius 1 is 0.263 bits per heavy atom. The van der Waals surface area contributed by atoms with E-state index in [1.165, 1.54) is 86.5 Å². The van der Waals surface area contributed by atoms with E-state index in [0.717, 1.165) is 0 Å². The van der Waals surface area contributed by atoms with E-state index in [9.17, 15) is 0 Å². The summed E-state index contributed by atoms with van der Waals surface area (Å²) >= 11 is 0. The minimum absolute atomic E-state index is 1.26. The Morgan fingerprint density at radius 2 is 0.711 bits per heavy atom. The minimum atomic E-state index is 1.26. The Hall–Kier alpha value is -4.94. The van der Waals surface area contributed by atoms with Gasteiger partial charge in [-0.2, -0.15) is 0 Å². The molecule has 0 heteroatoms. The summed E-state index contributed by atoms with van der Waals surface area (Å²) in [6.07, 6.45) is 0. The first-order chi connectivity index (χ1) is 18.8. The lowest BCUT2D eigenvalue weighted by Crippen LogP contribution is -1.89. The molecule has 0 fully saturated rings. The molecule has 0 saturated carbocycles. The molecule has 0 aliphatic rings. The molecular weight excluding hydrogens is 456 g/mol. The highest BCUT2D eigenvalue weighted by Gasteiger charge is 2.16. The van der Waals surface area contributed by atoms with Crippen molar-refractivity contribution in [2.24, 2.45) is 0 Å². The van der Waals surface area contributed by atoms with E-state index in [-0.39, 0.29) is 0 Å². The summed E-state index contributed by atoms with van der Waals surface area (Å²) in [5.74, 6) is 0. The van der Waals surface area contributed by atoms with Gasteiger partial charge in [0.15, 0.2) is 0 Å². The summed E-state index contributed by atoms with van der Waals surface area (Å²) in [5, 5.41) is 18.4. The predicted molar refractivity (Wildman–Crippen MR) is 166 cm³/mol. The molecule has 38 heavy (non-hydrogen) atoms. The highest BCUT2D eigenvalue weighted by Crippen LogP contribution is 2.44. The largest absolute Gasteiger partial charge is 0.0616 e. The lowest BCUT2D eigenvalue weighted by Gasteiger charge is -2.17. The molecule has 0 unspecified atom stereocenters. The monoisotopic (exact) mass is 478 g/mol. The van der Waals surface area contributed by atoms with Crippen LogP contribution in [0.15, 0.2) is 133 Å². The second kappa shape index (κ2) is 7.31. The maximum absolute atomic E-state index is 2.45. The second-order valence-electron chi connectivity index (χ2n) is 10.5. The number of benzene rings is 8. The van der Waals surface area contributed by atoms with Crippen molar-refractivity contribution in [3.05, 3.63) is 133 Å². The fourth-order valence-corrected chi connectivity index (χ4v) is 6.92. The summed E-state index contributed by atoms with van der Waals surface area (Å²) in [5.41, 5.74) is 2.54. The van der Waals surface area contributed by atoms with E-state index < -0.39 is 0 Å². The van der Waals surface area contributed by atoms with Crippen molar-refractivity contribution in [1.82, 2.24) is 0 Å². The van der Waals surface area contributed by atoms with Crippen molar-refractivity contribution in [2.45, 2.75) is 0 Å². The smallest absolute Gasteiger partial charge is 0.00199 e. The Bertz CT molecular complexity index is 2380. The normalized spacial score (nSPS) is 12.2. The highest BCUT2D eigenvalue weighted by molar-refractivity contribution is 6.37. The zero-order valence-corrected chi connectivity index (χ0v) is 20.7. The minimum Gasteiger partial charge on any atom is -0.0616 e. The van der Waals surface area contributed by atoms with E-state index in [0.29, 0.717) is 0 Å². The van der Waals surface area contributed by atoms with Crippen LogP contribution in [-0.4, -0.2) is 0 Å². The van der Waals surface area contributed by atoms with E-state index in [1.54, 1.807) is 0 Å². The van der Waals surface area contributed by atoms with Crippen LogP contribution >= 0.6 is 0 Å². The molecule has 0 heterocycles. The summed E-state index contributed by atoms with van der Waals surface area (Å²) in [6, 6.07) is 49.7. The maximum Gasteiger partial charge on any atom is -0.00199 e. The molecule has 0 aliphatic heterocycles. The lowest BCUT2D eigenvalue weighted by atomic mass is 9.86. The van der Waals surface area contributed by atoms with Gasteiger partial charge in [-0.1, -0.05) is 121 Å². The van der Waals surface area contributed by atoms with E-state index in [1.807, 2.05) is 0 Å². The summed E-state index contributed by atoms with van der Waals surface area (Å²) in [4.78, 5) is 0. The molecule has 0 bridgehead atoms. The molecule has 9 rings (SSSR count). The Kier molecular flexibility index (Phi) is 3.88. The zero-order chi connectivity index (χ0) is 24.8. The van der Waals surface area contributed by atoms with Gasteiger partial charge in [-0.25, -0.2) is 0 Å². The third-order valence-electron chi connectivity index (χ3n) is 8.52. The van der Waals surface area contributed by atoms with Gasteiger partial charge in [0.05, 0.1) is 0 Å². The van der Waals surface area contributed by atoms with Gasteiger partial charge in [-0.3, -0.25) is 0 Å². The van der Waals surface area contributed by atoms with E-state index in [2.05, 4.69) is 133 Å². The molecule has 0 atom stereocenters. The van der Waals surface area contributed by atoms with Crippen molar-refractivity contribution in [1.29, 1.82) is 0 Å². The van der Waals surface area contributed by atoms with Gasteiger partial charge in [0.2, 0.25) is 0 Å². The van der Waals surface area contributed by atoms with Gasteiger partial charge in [0.25, 0.3) is 0 Å². The van der Waals surface area contributed by atoms with Crippen LogP contribution in [-0.2, 0) is 0 Å². The Balaban J connectivity index is 1.62. The van der Waals surface area contributed by atoms with Crippen LogP contribution in [0.2, 0.25) is 0 Å². The first kappa shape index (κ1) is 20.2. The van der Waals surface area contributed by atoms with Crippen molar-refractivity contribution in [2.75, 3.05) is 0 Å². The van der Waals surface area contributed by atoms with Crippen molar-refractivity contribution < 1.29 is 0 Å². The number of hydrogen-bond donors (Lipinski definition) is 0. The standard InChI is InChI=1S/C38H22/c1-2-12-29-23(7-1)8-3-13-30(29)28-21-27-20-19-26-10-5-15-32-31-14-4-9-24-17-18-25-11-6-16-33(37(25)35(24)31)34(22-28)38(27)36(26)32/h1-22H. The van der Waals surface area contributed by atoms with E-state index in [4.69, 9.17) is 0 Å². The number of fused-ring (bicyclic) bond motifs is 3. The second-order valence-corrected chi connectivity index (χ2v) is 10.5. The molecule has 174 valence electrons. The molecule has 9 aromatic rings. The van der Waals surface area contributed by atoms with Crippen LogP contribution < -0.4 is 0 Å². The molecule has 9 aromatic carbocycles. The van der Waals surface area contributed by atoms with Crippen LogP contribution in [0.25, 0.3) is 86.5 Å². The van der Waals surface area contributed by atoms with Crippen molar-refractivity contribution in [3.63, 3.8) is 0 Å². The van der Waals surface area contributed by atoms with Gasteiger partial charge in [0.1, 0.15) is 0 Å². The maximum atomic E-state index is 2.45. The fourth-order valence-electron chi connectivity index (χ4n) is 6.92. The van der Waals surface area contributed by atoms with Gasteiger partial charge >= 0.3 is 0 Å². The summed E-state index contributed by atoms with van der Waals surface area (Å²) in [7, 11) is 0. The Morgan fingerprint density at radius 3 is 1.37 bits per heavy atom. The first-order valence-corrected chi connectivity index (χ1v) is 13.3. The van der Waals surface area contributed by atoms with E-state index >= 15 is 0 Å². The summed E-state index contributed by atoms with van der Waals surface area (Å²) in [6.45, 7) is 0. The number of rotatable bonds is 1. The average molecular weight is 479 g/mol. The topological polar surface area (TPSA) is 0 Å². The van der Waals surface area contributed by atoms with Gasteiger partial charge in [-0.05, 0) is 98.7 Å². The molecule has 0 nitrogen and oxygen atoms in total. The van der Waals surface area contributed by atoms with Gasteiger partial charge in [-0.15, -0.1) is 0 Å². The SMILES string of the molecule is c1ccc2c(-c3cc4ccc5cccc6c7cccc8ccc9cccc(c(c3)c4c56)c9c87)cccc2c1. The van der Waals surface area contributed by atoms with Crippen LogP contribution in [0.5, 0.6) is 0 Å². The lowest BCUT2D eigenvalue weighted by molar-refractivity contribution is 1.70. The van der Waals surface area contributed by atoms with Crippen LogP contribution in [0.3, 0.4) is 0 Å². The fraction of sp³-hybridized carbons (Fsp3) is 0. The molecule has 0 radical (unpaired) electrons. The first-order valence-electron chi connectivity index (χ1n) is 13.3. The summed E-state index contributed by atoms with van der Waals surface area (Å²) < 4.78 is 0. The predicted octanol–water partition coefficient (Wildman–Crippen LogP) is 10.9. The quantitative estimate of drug-likeness (QED) is 0.206. The third-order valence-corrected chi connectivity index (χ3v) is 8.52. The average Bonchev–Trinajstić information content (AvgIpc) is 2.98. The van der Waals surface area contributed by atoms with Crippen molar-refractivity contribution in [3.8, 4) is 11.1 Å². The number of hydrogen-bond acceptors (Lipinski definition) is 0. The molecule has 0 saturated heterocycles. The van der Waals surface area contributed by atoms with Gasteiger partial charge in [0, 0.05) is 0 Å². The Labute approximate surface area is 219 Å². The zero-order valence-electron chi connectivity index (χ0n) is 20.7. The van der Waals surface area contributed by atoms with Crippen LogP contribution in [0, 0.1) is 0 Å². The highest BCUT2D eigenvalue weighted by atomic mass is 14.2. The van der Waals surface area contributed by atoms with Crippen LogP contribution in [0.4, 0.5) is 0 Å². The van der Waals surface area contributed by atoms with Crippen molar-refractivity contribution >= 4 is 75.4 Å². The molecule has 0 amide bonds. The molecular formula is C38H22. The molecule has 0 aromatic heterocycles. The molecule has 0 spiro atoms.